The Balaban J connectivity index is 0.00000220. The summed E-state index contributed by atoms with van der Waals surface area (Å²) in [7, 11) is 0. The van der Waals surface area contributed by atoms with E-state index in [0.717, 1.165) is 45.4 Å². The van der Waals surface area contributed by atoms with Crippen molar-refractivity contribution in [3.05, 3.63) is 0 Å². The average Bonchev–Trinajstić information content (AvgIpc) is 2.39. The van der Waals surface area contributed by atoms with Gasteiger partial charge in [0.1, 0.15) is 0 Å². The maximum atomic E-state index is 11.8. The van der Waals surface area contributed by atoms with Crippen molar-refractivity contribution in [2.75, 3.05) is 26.3 Å². The number of carboxylic acids is 1. The maximum absolute atomic E-state index is 11.8. The third-order valence-corrected chi connectivity index (χ3v) is 5.17. The largest absolute Gasteiger partial charge is 1.00 e. The topological polar surface area (TPSA) is 61.4 Å². The third-order valence-electron chi connectivity index (χ3n) is 5.17. The number of aliphatic carboxylic acids is 1. The van der Waals surface area contributed by atoms with Crippen molar-refractivity contribution in [1.82, 2.24) is 5.32 Å². The molecule has 2 fully saturated rings. The first-order valence-electron chi connectivity index (χ1n) is 7.83. The van der Waals surface area contributed by atoms with E-state index in [1.807, 2.05) is 0 Å². The summed E-state index contributed by atoms with van der Waals surface area (Å²) in [6, 6.07) is 0. The fraction of sp³-hybridized carbons (Fsp3) is 0.938. The molecule has 4 nitrogen and oxygen atoms in total. The predicted molar refractivity (Wildman–Crippen MR) is 76.0 cm³/mol. The van der Waals surface area contributed by atoms with Crippen LogP contribution in [0.1, 0.15) is 46.5 Å². The van der Waals surface area contributed by atoms with Crippen LogP contribution in [0.2, 0.25) is 0 Å². The van der Waals surface area contributed by atoms with E-state index in [0.29, 0.717) is 18.4 Å². The minimum Gasteiger partial charge on any atom is -0.550 e. The summed E-state index contributed by atoms with van der Waals surface area (Å²) in [6.07, 6.45) is 3.44. The van der Waals surface area contributed by atoms with Gasteiger partial charge in [-0.15, -0.1) is 0 Å². The van der Waals surface area contributed by atoms with Gasteiger partial charge in [-0.3, -0.25) is 0 Å². The van der Waals surface area contributed by atoms with E-state index in [-0.39, 0.29) is 56.8 Å². The van der Waals surface area contributed by atoms with Gasteiger partial charge in [0.25, 0.3) is 0 Å². The van der Waals surface area contributed by atoms with Crippen LogP contribution in [-0.2, 0) is 9.53 Å². The van der Waals surface area contributed by atoms with Crippen LogP contribution < -0.4 is 61.8 Å². The Hall–Kier alpha value is 1.03. The molecule has 0 saturated carbocycles. The molecule has 0 aromatic heterocycles. The van der Waals surface area contributed by atoms with Crippen molar-refractivity contribution in [2.45, 2.75) is 46.5 Å². The molecule has 2 saturated heterocycles. The Kier molecular flexibility index (Phi) is 7.86. The molecular weight excluding hydrogens is 293 g/mol. The minimum atomic E-state index is -0.870. The fourth-order valence-corrected chi connectivity index (χ4v) is 3.61. The Morgan fingerprint density at radius 3 is 2.48 bits per heavy atom. The van der Waals surface area contributed by atoms with Gasteiger partial charge in [-0.05, 0) is 49.5 Å². The van der Waals surface area contributed by atoms with Crippen LogP contribution in [0.4, 0.5) is 0 Å². The summed E-state index contributed by atoms with van der Waals surface area (Å²) in [5, 5.41) is 15.2. The molecule has 1 N–H and O–H groups in total. The van der Waals surface area contributed by atoms with Crippen LogP contribution >= 0.6 is 0 Å². The fourth-order valence-electron chi connectivity index (χ4n) is 3.61. The zero-order valence-electron chi connectivity index (χ0n) is 14.0. The number of carboxylic acid groups (broad SMARTS) is 1. The van der Waals surface area contributed by atoms with Gasteiger partial charge in [0.2, 0.25) is 0 Å². The molecule has 0 unspecified atom stereocenters. The zero-order chi connectivity index (χ0) is 14.8. The summed E-state index contributed by atoms with van der Waals surface area (Å²) in [5.74, 6) is -0.0263. The molecule has 2 heterocycles. The Labute approximate surface area is 171 Å². The smallest absolute Gasteiger partial charge is 0.550 e. The average molecular weight is 322 g/mol. The Morgan fingerprint density at radius 1 is 1.33 bits per heavy atom. The van der Waals surface area contributed by atoms with E-state index in [9.17, 15) is 9.90 Å². The van der Waals surface area contributed by atoms with E-state index in [4.69, 9.17) is 4.74 Å². The molecule has 2 atom stereocenters. The number of hydrogen-bond donors (Lipinski definition) is 1. The third kappa shape index (κ3) is 5.26. The molecule has 0 aromatic rings. The van der Waals surface area contributed by atoms with Gasteiger partial charge in [0, 0.05) is 31.1 Å². The summed E-state index contributed by atoms with van der Waals surface area (Å²) >= 11 is 0. The van der Waals surface area contributed by atoms with Crippen molar-refractivity contribution < 1.29 is 66.0 Å². The van der Waals surface area contributed by atoms with Gasteiger partial charge in [-0.25, -0.2) is 0 Å². The summed E-state index contributed by atoms with van der Waals surface area (Å²) < 4.78 is 5.38. The van der Waals surface area contributed by atoms with Crippen LogP contribution in [0.5, 0.6) is 0 Å². The quantitative estimate of drug-likeness (QED) is 0.623. The number of nitrogens with one attached hydrogen (secondary N) is 1. The number of ether oxygens (including phenoxy) is 1. The Morgan fingerprint density at radius 2 is 1.95 bits per heavy atom. The van der Waals surface area contributed by atoms with E-state index >= 15 is 0 Å². The van der Waals surface area contributed by atoms with Crippen molar-refractivity contribution in [1.29, 1.82) is 0 Å². The first-order chi connectivity index (χ1) is 9.33. The molecular formula is C16H28KNO3. The predicted octanol–water partition coefficient (Wildman–Crippen LogP) is -1.80. The molecule has 116 valence electrons. The number of carbonyl (C=O) groups is 1. The SMILES string of the molecule is CC(C)(C)[C@H]1CNC[C@](CC2CCOCC2)(C(=O)[O-])C1.[K+]. The van der Waals surface area contributed by atoms with Crippen LogP contribution in [0.25, 0.3) is 0 Å². The second kappa shape index (κ2) is 8.22. The molecule has 0 amide bonds. The van der Waals surface area contributed by atoms with Crippen LogP contribution in [0.3, 0.4) is 0 Å². The van der Waals surface area contributed by atoms with Gasteiger partial charge in [0.15, 0.2) is 0 Å². The van der Waals surface area contributed by atoms with Crippen LogP contribution in [-0.4, -0.2) is 32.3 Å². The second-order valence-electron chi connectivity index (χ2n) is 7.73. The van der Waals surface area contributed by atoms with Gasteiger partial charge < -0.3 is 20.0 Å². The molecule has 21 heavy (non-hydrogen) atoms. The molecule has 0 aromatic carbocycles. The first-order valence-corrected chi connectivity index (χ1v) is 7.83. The minimum absolute atomic E-state index is 0. The molecule has 0 bridgehead atoms. The molecule has 0 spiro atoms. The van der Waals surface area contributed by atoms with E-state index in [1.54, 1.807) is 0 Å². The van der Waals surface area contributed by atoms with E-state index in [1.165, 1.54) is 0 Å². The Bertz CT molecular complexity index is 350. The first kappa shape index (κ1) is 20.1. The van der Waals surface area contributed by atoms with Gasteiger partial charge >= 0.3 is 51.4 Å². The monoisotopic (exact) mass is 321 g/mol. The standard InChI is InChI=1S/C16H29NO3.K/c1-15(2,3)13-9-16(14(18)19,11-17-10-13)8-12-4-6-20-7-5-12;/h12-13,17H,4-11H2,1-3H3,(H,18,19);/q;+1/p-1/t13-,16-;/m1./s1. The van der Waals surface area contributed by atoms with E-state index in [2.05, 4.69) is 26.1 Å². The van der Waals surface area contributed by atoms with Crippen molar-refractivity contribution in [3.63, 3.8) is 0 Å². The summed E-state index contributed by atoms with van der Waals surface area (Å²) in [4.78, 5) is 11.8. The van der Waals surface area contributed by atoms with Gasteiger partial charge in [-0.2, -0.15) is 0 Å². The number of hydrogen-bond acceptors (Lipinski definition) is 4. The second-order valence-corrected chi connectivity index (χ2v) is 7.73. The van der Waals surface area contributed by atoms with Crippen molar-refractivity contribution in [2.24, 2.45) is 22.7 Å². The molecule has 0 radical (unpaired) electrons. The maximum Gasteiger partial charge on any atom is 1.00 e. The van der Waals surface area contributed by atoms with Gasteiger partial charge in [-0.1, -0.05) is 20.8 Å². The molecule has 2 aliphatic rings. The van der Waals surface area contributed by atoms with Crippen molar-refractivity contribution >= 4 is 5.97 Å². The van der Waals surface area contributed by atoms with Gasteiger partial charge in [0.05, 0.1) is 0 Å². The number of rotatable bonds is 3. The molecule has 2 aliphatic heterocycles. The zero-order valence-corrected chi connectivity index (χ0v) is 17.2. The molecule has 0 aliphatic carbocycles. The molecule has 5 heteroatoms. The number of carbonyl (C=O) groups excluding carboxylic acids is 1. The summed E-state index contributed by atoms with van der Waals surface area (Å²) in [6.45, 7) is 9.58. The van der Waals surface area contributed by atoms with Crippen LogP contribution in [0, 0.1) is 22.7 Å². The molecule has 2 rings (SSSR count). The number of piperidine rings is 1. The summed E-state index contributed by atoms with van der Waals surface area (Å²) in [5.41, 5.74) is -0.567. The van der Waals surface area contributed by atoms with E-state index < -0.39 is 11.4 Å². The normalized spacial score (nSPS) is 31.5. The van der Waals surface area contributed by atoms with Crippen LogP contribution in [0.15, 0.2) is 0 Å². The van der Waals surface area contributed by atoms with Crippen molar-refractivity contribution in [3.8, 4) is 0 Å².